The van der Waals surface area contributed by atoms with E-state index in [0.29, 0.717) is 10.6 Å². The van der Waals surface area contributed by atoms with E-state index in [2.05, 4.69) is 5.10 Å². The van der Waals surface area contributed by atoms with Crippen LogP contribution >= 0.6 is 11.6 Å². The molecule has 27 heavy (non-hydrogen) atoms. The van der Waals surface area contributed by atoms with E-state index in [1.165, 1.54) is 49.6 Å². The van der Waals surface area contributed by atoms with Gasteiger partial charge in [0.15, 0.2) is 0 Å². The van der Waals surface area contributed by atoms with Crippen LogP contribution in [0.1, 0.15) is 22.3 Å². The molecule has 0 spiro atoms. The highest BCUT2D eigenvalue weighted by Gasteiger charge is 2.63. The molecular formula is C18H14ClF3N2O3. The molecule has 0 fully saturated rings. The van der Waals surface area contributed by atoms with Crippen LogP contribution in [0.4, 0.5) is 13.2 Å². The van der Waals surface area contributed by atoms with Crippen molar-refractivity contribution in [1.29, 1.82) is 0 Å². The van der Waals surface area contributed by atoms with Gasteiger partial charge in [-0.15, -0.1) is 0 Å². The summed E-state index contributed by atoms with van der Waals surface area (Å²) in [5, 5.41) is 14.6. The van der Waals surface area contributed by atoms with Gasteiger partial charge in [0, 0.05) is 10.6 Å². The van der Waals surface area contributed by atoms with E-state index < -0.39 is 24.2 Å². The summed E-state index contributed by atoms with van der Waals surface area (Å²) in [6, 6.07) is 11.5. The lowest BCUT2D eigenvalue weighted by Crippen LogP contribution is -2.56. The molecule has 1 atom stereocenters. The average molecular weight is 399 g/mol. The molecule has 0 aromatic heterocycles. The summed E-state index contributed by atoms with van der Waals surface area (Å²) < 4.78 is 45.8. The van der Waals surface area contributed by atoms with Crippen molar-refractivity contribution < 1.29 is 27.8 Å². The fourth-order valence-corrected chi connectivity index (χ4v) is 2.79. The maximum absolute atomic E-state index is 13.6. The summed E-state index contributed by atoms with van der Waals surface area (Å²) in [7, 11) is 1.36. The Morgan fingerprint density at radius 1 is 1.26 bits per heavy atom. The van der Waals surface area contributed by atoms with Crippen molar-refractivity contribution in [2.75, 3.05) is 7.11 Å². The van der Waals surface area contributed by atoms with Gasteiger partial charge >= 0.3 is 6.18 Å². The minimum Gasteiger partial charge on any atom is -0.497 e. The number of carbonyl (C=O) groups excluding carboxylic acids is 1. The zero-order chi connectivity index (χ0) is 19.8. The second-order valence-electron chi connectivity index (χ2n) is 5.89. The van der Waals surface area contributed by atoms with E-state index in [0.717, 1.165) is 0 Å². The number of nitrogens with zero attached hydrogens (tertiary/aromatic N) is 2. The first-order chi connectivity index (χ1) is 12.7. The number of ether oxygens (including phenoxy) is 1. The van der Waals surface area contributed by atoms with E-state index in [-0.39, 0.29) is 22.0 Å². The highest BCUT2D eigenvalue weighted by atomic mass is 35.5. The van der Waals surface area contributed by atoms with Gasteiger partial charge in [0.05, 0.1) is 19.2 Å². The number of hydrazone groups is 1. The summed E-state index contributed by atoms with van der Waals surface area (Å²) in [5.41, 5.74) is -3.31. The van der Waals surface area contributed by atoms with Gasteiger partial charge in [0.25, 0.3) is 11.6 Å². The van der Waals surface area contributed by atoms with Gasteiger partial charge in [0.2, 0.25) is 0 Å². The first-order valence-electron chi connectivity index (χ1n) is 7.77. The van der Waals surface area contributed by atoms with Crippen molar-refractivity contribution in [2.45, 2.75) is 18.3 Å². The van der Waals surface area contributed by atoms with Gasteiger partial charge in [-0.3, -0.25) is 4.79 Å². The van der Waals surface area contributed by atoms with Crippen molar-refractivity contribution in [3.8, 4) is 5.75 Å². The number of amides is 1. The molecule has 3 rings (SSSR count). The lowest BCUT2D eigenvalue weighted by atomic mass is 10.0. The second kappa shape index (κ2) is 6.86. The van der Waals surface area contributed by atoms with Crippen LogP contribution in [0, 0.1) is 0 Å². The molecular weight excluding hydrogens is 385 g/mol. The molecule has 2 aromatic rings. The van der Waals surface area contributed by atoms with Gasteiger partial charge in [-0.2, -0.15) is 23.3 Å². The van der Waals surface area contributed by atoms with Crippen molar-refractivity contribution in [3.05, 3.63) is 64.7 Å². The minimum absolute atomic E-state index is 0.0751. The quantitative estimate of drug-likeness (QED) is 0.854. The van der Waals surface area contributed by atoms with Crippen molar-refractivity contribution in [1.82, 2.24) is 5.01 Å². The molecule has 5 nitrogen and oxygen atoms in total. The molecule has 0 radical (unpaired) electrons. The Bertz CT molecular complexity index is 899. The molecule has 142 valence electrons. The van der Waals surface area contributed by atoms with Gasteiger partial charge in [-0.25, -0.2) is 0 Å². The number of carbonyl (C=O) groups is 1. The molecule has 0 saturated carbocycles. The van der Waals surface area contributed by atoms with Gasteiger partial charge in [-0.1, -0.05) is 29.8 Å². The zero-order valence-electron chi connectivity index (χ0n) is 14.0. The molecule has 1 aliphatic heterocycles. The number of benzene rings is 2. The van der Waals surface area contributed by atoms with Gasteiger partial charge in [-0.05, 0) is 35.9 Å². The van der Waals surface area contributed by atoms with Crippen LogP contribution in [-0.4, -0.2) is 40.7 Å². The number of rotatable bonds is 3. The van der Waals surface area contributed by atoms with Crippen LogP contribution in [0.5, 0.6) is 5.75 Å². The fraction of sp³-hybridized carbons (Fsp3) is 0.222. The second-order valence-corrected chi connectivity index (χ2v) is 6.33. The Hall–Kier alpha value is -2.58. The number of methoxy groups -OCH3 is 1. The number of aliphatic hydroxyl groups is 1. The number of hydrogen-bond donors (Lipinski definition) is 1. The molecule has 1 amide bonds. The van der Waals surface area contributed by atoms with Crippen molar-refractivity contribution >= 4 is 23.2 Å². The Morgan fingerprint density at radius 3 is 2.52 bits per heavy atom. The standard InChI is InChI=1S/C18H14ClF3N2O3/c1-27-14-4-2-3-12(9-14)16(25)24-17(26,18(20,21)22)10-15(23-24)11-5-7-13(19)8-6-11/h2-9,26H,10H2,1H3. The third kappa shape index (κ3) is 3.50. The maximum Gasteiger partial charge on any atom is 0.438 e. The Morgan fingerprint density at radius 2 is 1.93 bits per heavy atom. The monoisotopic (exact) mass is 398 g/mol. The fourth-order valence-electron chi connectivity index (χ4n) is 2.66. The summed E-state index contributed by atoms with van der Waals surface area (Å²) in [5.74, 6) is -0.810. The van der Waals surface area contributed by atoms with Crippen LogP contribution in [0.3, 0.4) is 0 Å². The normalized spacial score (nSPS) is 19.8. The lowest BCUT2D eigenvalue weighted by molar-refractivity contribution is -0.297. The van der Waals surface area contributed by atoms with E-state index in [4.69, 9.17) is 16.3 Å². The minimum atomic E-state index is -5.11. The molecule has 2 aromatic carbocycles. The molecule has 1 heterocycles. The van der Waals surface area contributed by atoms with Gasteiger partial charge < -0.3 is 9.84 Å². The number of halogens is 4. The van der Waals surface area contributed by atoms with E-state index in [1.807, 2.05) is 0 Å². The van der Waals surface area contributed by atoms with Gasteiger partial charge in [0.1, 0.15) is 5.75 Å². The predicted molar refractivity (Wildman–Crippen MR) is 92.8 cm³/mol. The third-order valence-corrected chi connectivity index (χ3v) is 4.38. The first-order valence-corrected chi connectivity index (χ1v) is 8.14. The van der Waals surface area contributed by atoms with Crippen LogP contribution in [0.15, 0.2) is 53.6 Å². The van der Waals surface area contributed by atoms with Crippen molar-refractivity contribution in [3.63, 3.8) is 0 Å². The summed E-state index contributed by atoms with van der Waals surface area (Å²) in [4.78, 5) is 12.7. The summed E-state index contributed by atoms with van der Waals surface area (Å²) in [6.07, 6.45) is -6.01. The Balaban J connectivity index is 2.04. The molecule has 0 bridgehead atoms. The number of hydrogen-bond acceptors (Lipinski definition) is 4. The average Bonchev–Trinajstić information content (AvgIpc) is 3.00. The zero-order valence-corrected chi connectivity index (χ0v) is 14.8. The summed E-state index contributed by atoms with van der Waals surface area (Å²) in [6.45, 7) is 0. The topological polar surface area (TPSA) is 62.1 Å². The maximum atomic E-state index is 13.6. The Kier molecular flexibility index (Phi) is 4.88. The first kappa shape index (κ1) is 19.2. The molecule has 0 saturated heterocycles. The number of alkyl halides is 3. The largest absolute Gasteiger partial charge is 0.497 e. The molecule has 9 heteroatoms. The molecule has 1 unspecified atom stereocenters. The van der Waals surface area contributed by atoms with E-state index in [9.17, 15) is 23.1 Å². The Labute approximate surface area is 157 Å². The lowest BCUT2D eigenvalue weighted by Gasteiger charge is -2.32. The van der Waals surface area contributed by atoms with Crippen LogP contribution in [0.2, 0.25) is 5.02 Å². The van der Waals surface area contributed by atoms with E-state index >= 15 is 0 Å². The summed E-state index contributed by atoms with van der Waals surface area (Å²) >= 11 is 5.79. The molecule has 1 aliphatic rings. The smallest absolute Gasteiger partial charge is 0.438 e. The highest BCUT2D eigenvalue weighted by Crippen LogP contribution is 2.42. The van der Waals surface area contributed by atoms with Crippen molar-refractivity contribution in [2.24, 2.45) is 5.10 Å². The molecule has 1 N–H and O–H groups in total. The predicted octanol–water partition coefficient (Wildman–Crippen LogP) is 3.85. The SMILES string of the molecule is COc1cccc(C(=O)N2N=C(c3ccc(Cl)cc3)CC2(O)C(F)(F)F)c1. The van der Waals surface area contributed by atoms with E-state index in [1.54, 1.807) is 6.07 Å². The van der Waals surface area contributed by atoms with Crippen LogP contribution in [-0.2, 0) is 0 Å². The highest BCUT2D eigenvalue weighted by molar-refractivity contribution is 6.30. The van der Waals surface area contributed by atoms with Crippen LogP contribution in [0.25, 0.3) is 0 Å². The van der Waals surface area contributed by atoms with Crippen LogP contribution < -0.4 is 4.74 Å². The third-order valence-electron chi connectivity index (χ3n) is 4.13. The molecule has 0 aliphatic carbocycles.